The van der Waals surface area contributed by atoms with Crippen LogP contribution < -0.4 is 14.8 Å². The number of alkyl halides is 1. The summed E-state index contributed by atoms with van der Waals surface area (Å²) in [5.74, 6) is 1.47. The van der Waals surface area contributed by atoms with Gasteiger partial charge in [-0.05, 0) is 57.1 Å². The van der Waals surface area contributed by atoms with Crippen molar-refractivity contribution in [3.63, 3.8) is 0 Å². The molecule has 0 radical (unpaired) electrons. The molecule has 1 aromatic carbocycles. The Labute approximate surface area is 172 Å². The topological polar surface area (TPSA) is 46.6 Å². The number of methoxy groups -OCH3 is 1. The lowest BCUT2D eigenvalue weighted by Gasteiger charge is -2.22. The minimum absolute atomic E-state index is 0.557. The highest BCUT2D eigenvalue weighted by Crippen LogP contribution is 2.39. The molecule has 1 aliphatic carbocycles. The van der Waals surface area contributed by atoms with Gasteiger partial charge in [0.05, 0.1) is 19.2 Å². The van der Waals surface area contributed by atoms with E-state index < -0.39 is 6.17 Å². The molecule has 2 aromatic rings. The minimum Gasteiger partial charge on any atom is -0.493 e. The number of hydrogen-bond acceptors (Lipinski definition) is 5. The molecule has 0 amide bonds. The molecule has 1 saturated heterocycles. The van der Waals surface area contributed by atoms with E-state index in [0.29, 0.717) is 19.6 Å². The van der Waals surface area contributed by atoms with Crippen LogP contribution in [0.4, 0.5) is 10.1 Å². The Morgan fingerprint density at radius 3 is 2.86 bits per heavy atom. The summed E-state index contributed by atoms with van der Waals surface area (Å²) in [7, 11) is 1.68. The van der Waals surface area contributed by atoms with E-state index >= 15 is 0 Å². The second kappa shape index (κ2) is 9.16. The third-order valence-corrected chi connectivity index (χ3v) is 5.99. The Kier molecular flexibility index (Phi) is 6.38. The fourth-order valence-electron chi connectivity index (χ4n) is 4.54. The Morgan fingerprint density at radius 2 is 2.10 bits per heavy atom. The van der Waals surface area contributed by atoms with Crippen molar-refractivity contribution < 1.29 is 13.9 Å². The van der Waals surface area contributed by atoms with Crippen LogP contribution in [0.25, 0.3) is 10.9 Å². The van der Waals surface area contributed by atoms with Gasteiger partial charge in [-0.25, -0.2) is 4.39 Å². The largest absolute Gasteiger partial charge is 0.493 e. The quantitative estimate of drug-likeness (QED) is 0.666. The van der Waals surface area contributed by atoms with Crippen LogP contribution in [0.1, 0.15) is 43.9 Å². The highest BCUT2D eigenvalue weighted by atomic mass is 19.1. The summed E-state index contributed by atoms with van der Waals surface area (Å²) in [4.78, 5) is 7.14. The number of nitrogens with one attached hydrogen (secondary N) is 1. The number of ether oxygens (including phenoxy) is 2. The van der Waals surface area contributed by atoms with Gasteiger partial charge in [0.1, 0.15) is 6.17 Å². The van der Waals surface area contributed by atoms with Crippen LogP contribution in [0.2, 0.25) is 0 Å². The van der Waals surface area contributed by atoms with Crippen molar-refractivity contribution in [3.8, 4) is 11.5 Å². The third kappa shape index (κ3) is 4.42. The van der Waals surface area contributed by atoms with Gasteiger partial charge in [0.25, 0.3) is 0 Å². The van der Waals surface area contributed by atoms with E-state index in [-0.39, 0.29) is 0 Å². The van der Waals surface area contributed by atoms with Crippen molar-refractivity contribution >= 4 is 16.6 Å². The average molecular weight is 402 g/mol. The fourth-order valence-corrected chi connectivity index (χ4v) is 4.54. The summed E-state index contributed by atoms with van der Waals surface area (Å²) >= 11 is 0. The van der Waals surface area contributed by atoms with Gasteiger partial charge < -0.3 is 19.7 Å². The van der Waals surface area contributed by atoms with Gasteiger partial charge in [-0.15, -0.1) is 0 Å². The van der Waals surface area contributed by atoms with Gasteiger partial charge >= 0.3 is 0 Å². The lowest BCUT2D eigenvalue weighted by molar-refractivity contribution is 0.243. The normalized spacial score (nSPS) is 19.3. The van der Waals surface area contributed by atoms with Crippen molar-refractivity contribution in [1.82, 2.24) is 9.88 Å². The van der Waals surface area contributed by atoms with Gasteiger partial charge in [0, 0.05) is 49.0 Å². The molecule has 0 unspecified atom stereocenters. The molecule has 1 N–H and O–H groups in total. The number of aryl methyl sites for hydroxylation is 1. The van der Waals surface area contributed by atoms with Crippen molar-refractivity contribution in [2.24, 2.45) is 0 Å². The van der Waals surface area contributed by atoms with Crippen molar-refractivity contribution in [1.29, 1.82) is 0 Å². The van der Waals surface area contributed by atoms with Crippen LogP contribution >= 0.6 is 0 Å². The van der Waals surface area contributed by atoms with E-state index in [1.54, 1.807) is 7.11 Å². The summed E-state index contributed by atoms with van der Waals surface area (Å²) in [5.41, 5.74) is 4.73. The molecule has 6 heteroatoms. The van der Waals surface area contributed by atoms with Crippen molar-refractivity contribution in [2.45, 2.75) is 51.6 Å². The standard InChI is InChI=1S/C23H32FN3O2/c1-3-25-23-17-7-4-5-8-19(17)26-20-14-22(21(28-2)13-18(20)23)29-12-6-10-27-11-9-16(24)15-27/h13-14,16H,3-12,15H2,1-2H3,(H,25,26)/t16-/m1/s1. The Balaban J connectivity index is 1.54. The third-order valence-electron chi connectivity index (χ3n) is 5.99. The van der Waals surface area contributed by atoms with Gasteiger partial charge in [0.2, 0.25) is 0 Å². The van der Waals surface area contributed by atoms with E-state index in [2.05, 4.69) is 23.2 Å². The first-order valence-electron chi connectivity index (χ1n) is 11.0. The van der Waals surface area contributed by atoms with Gasteiger partial charge in [-0.2, -0.15) is 0 Å². The Hall–Kier alpha value is -2.08. The van der Waals surface area contributed by atoms with Gasteiger partial charge in [0.15, 0.2) is 11.5 Å². The zero-order valence-electron chi connectivity index (χ0n) is 17.6. The molecule has 1 aromatic heterocycles. The van der Waals surface area contributed by atoms with Crippen LogP contribution in [0.3, 0.4) is 0 Å². The molecule has 158 valence electrons. The molecule has 2 aliphatic rings. The van der Waals surface area contributed by atoms with Crippen LogP contribution in [-0.4, -0.2) is 56.0 Å². The first-order valence-corrected chi connectivity index (χ1v) is 11.0. The number of anilines is 1. The summed E-state index contributed by atoms with van der Waals surface area (Å²) in [5, 5.41) is 4.66. The molecule has 1 atom stereocenters. The predicted molar refractivity (Wildman–Crippen MR) is 115 cm³/mol. The van der Waals surface area contributed by atoms with Crippen LogP contribution in [0.15, 0.2) is 12.1 Å². The summed E-state index contributed by atoms with van der Waals surface area (Å²) < 4.78 is 25.0. The number of fused-ring (bicyclic) bond motifs is 2. The van der Waals surface area contributed by atoms with E-state index in [1.165, 1.54) is 29.8 Å². The molecule has 0 spiro atoms. The lowest BCUT2D eigenvalue weighted by atomic mass is 9.92. The Bertz CT molecular complexity index is 858. The predicted octanol–water partition coefficient (Wildman–Crippen LogP) is 4.37. The number of pyridine rings is 1. The molecule has 5 nitrogen and oxygen atoms in total. The summed E-state index contributed by atoms with van der Waals surface area (Å²) in [6, 6.07) is 4.07. The SMILES string of the molecule is CCNc1c2c(nc3cc(OCCCN4CC[C@@H](F)C4)c(OC)cc13)CCCC2. The zero-order valence-corrected chi connectivity index (χ0v) is 17.6. The number of aromatic nitrogens is 1. The zero-order chi connectivity index (χ0) is 20.2. The second-order valence-electron chi connectivity index (χ2n) is 8.06. The molecule has 4 rings (SSSR count). The van der Waals surface area contributed by atoms with Gasteiger partial charge in [-0.1, -0.05) is 0 Å². The molecule has 1 aliphatic heterocycles. The van der Waals surface area contributed by atoms with Crippen molar-refractivity contribution in [2.75, 3.05) is 45.2 Å². The second-order valence-corrected chi connectivity index (χ2v) is 8.06. The number of nitrogens with zero attached hydrogens (tertiary/aromatic N) is 2. The summed E-state index contributed by atoms with van der Waals surface area (Å²) in [6.45, 7) is 5.86. The maximum absolute atomic E-state index is 13.3. The van der Waals surface area contributed by atoms with Crippen LogP contribution in [0.5, 0.6) is 11.5 Å². The van der Waals surface area contributed by atoms with E-state index in [4.69, 9.17) is 14.5 Å². The molecule has 29 heavy (non-hydrogen) atoms. The van der Waals surface area contributed by atoms with E-state index in [1.807, 2.05) is 6.07 Å². The highest BCUT2D eigenvalue weighted by Gasteiger charge is 2.22. The smallest absolute Gasteiger partial charge is 0.163 e. The maximum atomic E-state index is 13.3. The maximum Gasteiger partial charge on any atom is 0.163 e. The van der Waals surface area contributed by atoms with Crippen LogP contribution in [0, 0.1) is 0 Å². The van der Waals surface area contributed by atoms with Gasteiger partial charge in [-0.3, -0.25) is 4.98 Å². The monoisotopic (exact) mass is 401 g/mol. The number of halogens is 1. The fraction of sp³-hybridized carbons (Fsp3) is 0.609. The average Bonchev–Trinajstić information content (AvgIpc) is 3.15. The first-order chi connectivity index (χ1) is 14.2. The molecule has 0 bridgehead atoms. The molecule has 1 fully saturated rings. The summed E-state index contributed by atoms with van der Waals surface area (Å²) in [6.07, 6.45) is 5.40. The lowest BCUT2D eigenvalue weighted by Crippen LogP contribution is -2.23. The number of rotatable bonds is 8. The molecular weight excluding hydrogens is 369 g/mol. The molecular formula is C23H32FN3O2. The number of benzene rings is 1. The van der Waals surface area contributed by atoms with Crippen molar-refractivity contribution in [3.05, 3.63) is 23.4 Å². The van der Waals surface area contributed by atoms with Crippen LogP contribution in [-0.2, 0) is 12.8 Å². The molecule has 0 saturated carbocycles. The highest BCUT2D eigenvalue weighted by molar-refractivity contribution is 5.95. The van der Waals surface area contributed by atoms with E-state index in [9.17, 15) is 4.39 Å². The number of likely N-dealkylation sites (tertiary alicyclic amines) is 1. The minimum atomic E-state index is -0.667. The number of hydrogen-bond donors (Lipinski definition) is 1. The Morgan fingerprint density at radius 1 is 1.24 bits per heavy atom. The first kappa shape index (κ1) is 20.2. The molecule has 2 heterocycles. The van der Waals surface area contributed by atoms with E-state index in [0.717, 1.165) is 61.3 Å².